The second-order valence-electron chi connectivity index (χ2n) is 7.31. The van der Waals surface area contributed by atoms with E-state index in [2.05, 4.69) is 4.98 Å². The molecule has 0 radical (unpaired) electrons. The van der Waals surface area contributed by atoms with Gasteiger partial charge in [0.15, 0.2) is 0 Å². The van der Waals surface area contributed by atoms with Gasteiger partial charge in [-0.25, -0.2) is 9.78 Å². The number of carbonyl (C=O) groups is 1. The Morgan fingerprint density at radius 1 is 1.48 bits per heavy atom. The fraction of sp³-hybridized carbons (Fsp3) is 0.647. The average Bonchev–Trinajstić information content (AvgIpc) is 2.53. The minimum atomic E-state index is -0.551. The van der Waals surface area contributed by atoms with Crippen LogP contribution >= 0.6 is 0 Å². The van der Waals surface area contributed by atoms with Crippen LogP contribution in [0, 0.1) is 10.1 Å². The van der Waals surface area contributed by atoms with Gasteiger partial charge in [0.25, 0.3) is 0 Å². The number of aromatic nitrogens is 1. The van der Waals surface area contributed by atoms with E-state index in [0.29, 0.717) is 18.9 Å². The highest BCUT2D eigenvalue weighted by Crippen LogP contribution is 2.26. The third-order valence-electron chi connectivity index (χ3n) is 4.06. The highest BCUT2D eigenvalue weighted by molar-refractivity contribution is 5.69. The highest BCUT2D eigenvalue weighted by atomic mass is 16.6. The van der Waals surface area contributed by atoms with Crippen molar-refractivity contribution in [3.63, 3.8) is 0 Å². The van der Waals surface area contributed by atoms with E-state index in [0.717, 1.165) is 19.3 Å². The molecule has 1 amide bonds. The van der Waals surface area contributed by atoms with Gasteiger partial charge >= 0.3 is 11.8 Å². The fourth-order valence-corrected chi connectivity index (χ4v) is 2.98. The molecule has 8 nitrogen and oxygen atoms in total. The van der Waals surface area contributed by atoms with Crippen molar-refractivity contribution in [1.82, 2.24) is 9.88 Å². The molecule has 8 heteroatoms. The van der Waals surface area contributed by atoms with Gasteiger partial charge < -0.3 is 14.5 Å². The van der Waals surface area contributed by atoms with Gasteiger partial charge in [-0.3, -0.25) is 10.1 Å². The second-order valence-corrected chi connectivity index (χ2v) is 7.31. The molecule has 0 aliphatic carbocycles. The monoisotopic (exact) mass is 350 g/mol. The van der Waals surface area contributed by atoms with Crippen LogP contribution < -0.4 is 4.90 Å². The van der Waals surface area contributed by atoms with E-state index in [1.807, 2.05) is 20.8 Å². The molecule has 0 spiro atoms. The van der Waals surface area contributed by atoms with E-state index in [1.54, 1.807) is 22.9 Å². The second kappa shape index (κ2) is 7.67. The Bertz CT molecular complexity index is 629. The maximum absolute atomic E-state index is 12.5. The molecule has 1 saturated heterocycles. The van der Waals surface area contributed by atoms with E-state index in [1.165, 1.54) is 12.3 Å². The highest BCUT2D eigenvalue weighted by Gasteiger charge is 2.32. The Kier molecular flexibility index (Phi) is 5.81. The van der Waals surface area contributed by atoms with Crippen LogP contribution in [0.5, 0.6) is 0 Å². The lowest BCUT2D eigenvalue weighted by atomic mass is 10.0. The van der Waals surface area contributed by atoms with Crippen molar-refractivity contribution in [2.45, 2.75) is 51.7 Å². The predicted octanol–water partition coefficient (Wildman–Crippen LogP) is 3.22. The Labute approximate surface area is 147 Å². The number of carbonyl (C=O) groups excluding carboxylic acids is 1. The summed E-state index contributed by atoms with van der Waals surface area (Å²) in [6.45, 7) is 6.63. The van der Waals surface area contributed by atoms with Crippen LogP contribution in [0.25, 0.3) is 0 Å². The van der Waals surface area contributed by atoms with Crippen molar-refractivity contribution < 1.29 is 14.5 Å². The first kappa shape index (κ1) is 19.0. The summed E-state index contributed by atoms with van der Waals surface area (Å²) in [6, 6.07) is 2.92. The Hall–Kier alpha value is -2.38. The van der Waals surface area contributed by atoms with Crippen molar-refractivity contribution in [3.8, 4) is 0 Å². The summed E-state index contributed by atoms with van der Waals surface area (Å²) in [5, 5.41) is 11.2. The van der Waals surface area contributed by atoms with E-state index >= 15 is 0 Å². The molecule has 2 heterocycles. The zero-order chi connectivity index (χ0) is 18.6. The number of hydrogen-bond acceptors (Lipinski definition) is 6. The maximum atomic E-state index is 12.5. The van der Waals surface area contributed by atoms with Gasteiger partial charge in [0.05, 0.1) is 11.0 Å². The third-order valence-corrected chi connectivity index (χ3v) is 4.06. The molecular formula is C17H26N4O4. The number of rotatable bonds is 4. The topological polar surface area (TPSA) is 88.8 Å². The van der Waals surface area contributed by atoms with E-state index < -0.39 is 10.5 Å². The number of anilines is 1. The van der Waals surface area contributed by atoms with Gasteiger partial charge in [-0.1, -0.05) is 0 Å². The number of likely N-dealkylation sites (tertiary alicyclic amines) is 1. The minimum absolute atomic E-state index is 0.0374. The zero-order valence-electron chi connectivity index (χ0n) is 15.3. The minimum Gasteiger partial charge on any atom is -0.444 e. The van der Waals surface area contributed by atoms with Gasteiger partial charge in [0, 0.05) is 32.4 Å². The van der Waals surface area contributed by atoms with Crippen LogP contribution in [0.2, 0.25) is 0 Å². The van der Waals surface area contributed by atoms with Crippen LogP contribution in [-0.4, -0.2) is 52.7 Å². The molecule has 0 aromatic carbocycles. The Morgan fingerprint density at radius 3 is 2.84 bits per heavy atom. The molecule has 0 saturated carbocycles. The van der Waals surface area contributed by atoms with Crippen molar-refractivity contribution in [2.75, 3.05) is 25.0 Å². The lowest BCUT2D eigenvalue weighted by Gasteiger charge is -2.38. The standard InChI is InChI=1S/C17H26N4O4/c1-17(2,3)25-16(22)20-11-6-5-8-13(20)12-19(4)15-14(21(23)24)9-7-10-18-15/h7,9-10,13H,5-6,8,11-12H2,1-4H3/t13-/m1/s1. The van der Waals surface area contributed by atoms with Crippen molar-refractivity contribution >= 4 is 17.6 Å². The Morgan fingerprint density at radius 2 is 2.20 bits per heavy atom. The first-order chi connectivity index (χ1) is 11.7. The quantitative estimate of drug-likeness (QED) is 0.612. The normalized spacial score (nSPS) is 17.9. The Balaban J connectivity index is 2.13. The smallest absolute Gasteiger partial charge is 0.410 e. The summed E-state index contributed by atoms with van der Waals surface area (Å²) in [7, 11) is 1.76. The molecule has 1 aliphatic rings. The first-order valence-electron chi connectivity index (χ1n) is 8.49. The summed E-state index contributed by atoms with van der Waals surface area (Å²) < 4.78 is 5.50. The van der Waals surface area contributed by atoms with Gasteiger partial charge in [-0.15, -0.1) is 0 Å². The molecule has 1 fully saturated rings. The SMILES string of the molecule is CN(C[C@H]1CCCCN1C(=O)OC(C)(C)C)c1ncccc1[N+](=O)[O-]. The molecule has 1 aromatic rings. The van der Waals surface area contributed by atoms with Crippen molar-refractivity contribution in [2.24, 2.45) is 0 Å². The fourth-order valence-electron chi connectivity index (χ4n) is 2.98. The number of hydrogen-bond donors (Lipinski definition) is 0. The van der Waals surface area contributed by atoms with Crippen LogP contribution in [0.3, 0.4) is 0 Å². The van der Waals surface area contributed by atoms with Crippen LogP contribution in [0.4, 0.5) is 16.3 Å². The largest absolute Gasteiger partial charge is 0.444 e. The molecule has 0 unspecified atom stereocenters. The summed E-state index contributed by atoms with van der Waals surface area (Å²) in [5.41, 5.74) is -0.588. The summed E-state index contributed by atoms with van der Waals surface area (Å²) in [4.78, 5) is 30.9. The molecule has 2 rings (SSSR count). The molecule has 25 heavy (non-hydrogen) atoms. The van der Waals surface area contributed by atoms with Crippen LogP contribution in [-0.2, 0) is 4.74 Å². The number of piperidine rings is 1. The summed E-state index contributed by atoms with van der Waals surface area (Å²) >= 11 is 0. The van der Waals surface area contributed by atoms with E-state index in [4.69, 9.17) is 4.74 Å². The molecule has 138 valence electrons. The predicted molar refractivity (Wildman–Crippen MR) is 94.7 cm³/mol. The van der Waals surface area contributed by atoms with E-state index in [-0.39, 0.29) is 17.8 Å². The number of nitro groups is 1. The lowest BCUT2D eigenvalue weighted by molar-refractivity contribution is -0.384. The number of pyridine rings is 1. The number of likely N-dealkylation sites (N-methyl/N-ethyl adjacent to an activating group) is 1. The summed E-state index contributed by atoms with van der Waals surface area (Å²) in [5.74, 6) is 0.308. The molecule has 1 aromatic heterocycles. The van der Waals surface area contributed by atoms with Gasteiger partial charge in [0.1, 0.15) is 5.60 Å². The zero-order valence-corrected chi connectivity index (χ0v) is 15.3. The van der Waals surface area contributed by atoms with Gasteiger partial charge in [-0.05, 0) is 46.1 Å². The van der Waals surface area contributed by atoms with E-state index in [9.17, 15) is 14.9 Å². The third kappa shape index (κ3) is 5.04. The van der Waals surface area contributed by atoms with Gasteiger partial charge in [0.2, 0.25) is 5.82 Å². The molecule has 1 atom stereocenters. The van der Waals surface area contributed by atoms with Crippen LogP contribution in [0.15, 0.2) is 18.3 Å². The molecular weight excluding hydrogens is 324 g/mol. The molecule has 0 bridgehead atoms. The van der Waals surface area contributed by atoms with Gasteiger partial charge in [-0.2, -0.15) is 0 Å². The van der Waals surface area contributed by atoms with Crippen molar-refractivity contribution in [3.05, 3.63) is 28.4 Å². The lowest BCUT2D eigenvalue weighted by Crippen LogP contribution is -2.50. The maximum Gasteiger partial charge on any atom is 0.410 e. The summed E-state index contributed by atoms with van der Waals surface area (Å²) in [6.07, 6.45) is 3.99. The number of ether oxygens (including phenoxy) is 1. The number of amides is 1. The van der Waals surface area contributed by atoms with Crippen molar-refractivity contribution in [1.29, 1.82) is 0 Å². The number of nitrogens with zero attached hydrogens (tertiary/aromatic N) is 4. The molecule has 1 aliphatic heterocycles. The first-order valence-corrected chi connectivity index (χ1v) is 8.49. The van der Waals surface area contributed by atoms with Crippen LogP contribution in [0.1, 0.15) is 40.0 Å². The average molecular weight is 350 g/mol. The molecule has 0 N–H and O–H groups in total.